The molecule has 136 valence electrons. The fraction of sp³-hybridized carbons (Fsp3) is 0.526. The molecule has 1 atom stereocenters. The van der Waals surface area contributed by atoms with E-state index in [2.05, 4.69) is 5.32 Å². The minimum atomic E-state index is -0.295. The molecule has 25 heavy (non-hydrogen) atoms. The highest BCUT2D eigenvalue weighted by atomic mass is 19.1. The maximum atomic E-state index is 13.4. The third-order valence-electron chi connectivity index (χ3n) is 4.80. The van der Waals surface area contributed by atoms with E-state index in [-0.39, 0.29) is 24.0 Å². The number of halogens is 1. The number of hydrogen-bond donors (Lipinski definition) is 1. The van der Waals surface area contributed by atoms with Crippen molar-refractivity contribution < 1.29 is 18.3 Å². The van der Waals surface area contributed by atoms with Crippen molar-refractivity contribution in [3.05, 3.63) is 35.3 Å². The molecule has 1 unspecified atom stereocenters. The fourth-order valence-corrected chi connectivity index (χ4v) is 3.43. The molecule has 1 aromatic carbocycles. The molecular weight excluding hydrogens is 323 g/mol. The number of piperidine rings is 1. The number of carbonyl (C=O) groups is 1. The molecule has 0 bridgehead atoms. The largest absolute Gasteiger partial charge is 0.459 e. The van der Waals surface area contributed by atoms with Gasteiger partial charge in [0.05, 0.1) is 12.1 Å². The number of hydrogen-bond acceptors (Lipinski definition) is 3. The topological polar surface area (TPSA) is 54.7 Å². The molecule has 1 fully saturated rings. The Bertz CT molecular complexity index is 750. The summed E-state index contributed by atoms with van der Waals surface area (Å²) in [6.45, 7) is 7.84. The first-order valence-corrected chi connectivity index (χ1v) is 8.85. The van der Waals surface area contributed by atoms with Crippen molar-refractivity contribution in [3.63, 3.8) is 0 Å². The number of nitrogens with one attached hydrogen (secondary N) is 1. The smallest absolute Gasteiger partial charge is 0.317 e. The lowest BCUT2D eigenvalue weighted by atomic mass is 10.1. The molecule has 2 amide bonds. The second-order valence-corrected chi connectivity index (χ2v) is 6.54. The van der Waals surface area contributed by atoms with Gasteiger partial charge in [0.25, 0.3) is 0 Å². The third kappa shape index (κ3) is 3.79. The van der Waals surface area contributed by atoms with Crippen LogP contribution in [0.5, 0.6) is 0 Å². The van der Waals surface area contributed by atoms with E-state index in [0.717, 1.165) is 23.8 Å². The molecule has 1 aliphatic rings. The van der Waals surface area contributed by atoms with Crippen LogP contribution >= 0.6 is 0 Å². The maximum Gasteiger partial charge on any atom is 0.317 e. The molecule has 6 heteroatoms. The predicted molar refractivity (Wildman–Crippen MR) is 94.1 cm³/mol. The highest BCUT2D eigenvalue weighted by Gasteiger charge is 2.25. The molecule has 2 heterocycles. The van der Waals surface area contributed by atoms with Crippen LogP contribution in [0.4, 0.5) is 9.18 Å². The molecule has 1 aromatic heterocycles. The third-order valence-corrected chi connectivity index (χ3v) is 4.80. The van der Waals surface area contributed by atoms with Gasteiger partial charge in [0.15, 0.2) is 0 Å². The van der Waals surface area contributed by atoms with Crippen LogP contribution in [0.15, 0.2) is 22.6 Å². The molecule has 1 aliphatic heterocycles. The van der Waals surface area contributed by atoms with Gasteiger partial charge in [0.1, 0.15) is 17.2 Å². The van der Waals surface area contributed by atoms with Crippen LogP contribution in [0.2, 0.25) is 0 Å². The number of nitrogens with zero attached hydrogens (tertiary/aromatic N) is 1. The lowest BCUT2D eigenvalue weighted by Crippen LogP contribution is -2.46. The second-order valence-electron chi connectivity index (χ2n) is 6.54. The average molecular weight is 348 g/mol. The summed E-state index contributed by atoms with van der Waals surface area (Å²) in [6.07, 6.45) is 1.97. The van der Waals surface area contributed by atoms with Crippen molar-refractivity contribution in [2.75, 3.05) is 19.7 Å². The maximum absolute atomic E-state index is 13.4. The first-order chi connectivity index (χ1) is 12.0. The quantitative estimate of drug-likeness (QED) is 0.903. The van der Waals surface area contributed by atoms with Gasteiger partial charge in [-0.3, -0.25) is 0 Å². The number of likely N-dealkylation sites (tertiary alicyclic amines) is 1. The molecule has 2 aromatic rings. The van der Waals surface area contributed by atoms with E-state index in [1.165, 1.54) is 12.1 Å². The summed E-state index contributed by atoms with van der Waals surface area (Å²) in [5.41, 5.74) is 1.49. The number of fused-ring (bicyclic) bond motifs is 1. The Labute approximate surface area is 147 Å². The predicted octanol–water partition coefficient (Wildman–Crippen LogP) is 4.15. The summed E-state index contributed by atoms with van der Waals surface area (Å²) in [6, 6.07) is 4.07. The van der Waals surface area contributed by atoms with Crippen molar-refractivity contribution in [2.45, 2.75) is 45.8 Å². The average Bonchev–Trinajstić information content (AvgIpc) is 2.92. The Morgan fingerprint density at radius 2 is 2.16 bits per heavy atom. The van der Waals surface area contributed by atoms with Crippen LogP contribution in [0.3, 0.4) is 0 Å². The Hall–Kier alpha value is -2.08. The zero-order valence-corrected chi connectivity index (χ0v) is 15.0. The van der Waals surface area contributed by atoms with Crippen molar-refractivity contribution in [3.8, 4) is 0 Å². The summed E-state index contributed by atoms with van der Waals surface area (Å²) in [5.74, 6) is 0.370. The van der Waals surface area contributed by atoms with Gasteiger partial charge in [-0.2, -0.15) is 0 Å². The van der Waals surface area contributed by atoms with Crippen molar-refractivity contribution in [1.29, 1.82) is 0 Å². The first-order valence-electron chi connectivity index (χ1n) is 8.85. The number of urea groups is 1. The number of benzene rings is 1. The second kappa shape index (κ2) is 7.44. The minimum absolute atomic E-state index is 0.103. The van der Waals surface area contributed by atoms with Crippen molar-refractivity contribution >= 4 is 17.0 Å². The molecule has 1 N–H and O–H groups in total. The Kier molecular flexibility index (Phi) is 5.27. The normalized spacial score (nSPS) is 17.0. The SMILES string of the molecule is CCOC1CCN(C(=O)NC(C)c2oc3ccc(F)cc3c2C)CC1. The van der Waals surface area contributed by atoms with Gasteiger partial charge in [-0.1, -0.05) is 0 Å². The van der Waals surface area contributed by atoms with Crippen LogP contribution in [-0.2, 0) is 4.74 Å². The number of carbonyl (C=O) groups excluding carboxylic acids is 1. The minimum Gasteiger partial charge on any atom is -0.459 e. The molecule has 0 spiro atoms. The lowest BCUT2D eigenvalue weighted by Gasteiger charge is -2.32. The van der Waals surface area contributed by atoms with Crippen LogP contribution in [0.25, 0.3) is 11.0 Å². The highest BCUT2D eigenvalue weighted by Crippen LogP contribution is 2.30. The molecular formula is C19H25FN2O3. The molecule has 5 nitrogen and oxygen atoms in total. The highest BCUT2D eigenvalue weighted by molar-refractivity contribution is 5.82. The number of rotatable bonds is 4. The summed E-state index contributed by atoms with van der Waals surface area (Å²) in [5, 5.41) is 3.73. The van der Waals surface area contributed by atoms with Gasteiger partial charge in [-0.05, 0) is 51.8 Å². The summed E-state index contributed by atoms with van der Waals surface area (Å²) in [4.78, 5) is 14.3. The fourth-order valence-electron chi connectivity index (χ4n) is 3.43. The summed E-state index contributed by atoms with van der Waals surface area (Å²) < 4.78 is 24.9. The van der Waals surface area contributed by atoms with Gasteiger partial charge in [-0.15, -0.1) is 0 Å². The van der Waals surface area contributed by atoms with Gasteiger partial charge in [-0.25, -0.2) is 9.18 Å². The van der Waals surface area contributed by atoms with Gasteiger partial charge < -0.3 is 19.4 Å². The number of furan rings is 1. The van der Waals surface area contributed by atoms with Crippen molar-refractivity contribution in [2.24, 2.45) is 0 Å². The van der Waals surface area contributed by atoms with Gasteiger partial charge in [0, 0.05) is 30.6 Å². The monoisotopic (exact) mass is 348 g/mol. The zero-order valence-electron chi connectivity index (χ0n) is 15.0. The van der Waals surface area contributed by atoms with Crippen LogP contribution in [0, 0.1) is 12.7 Å². The zero-order chi connectivity index (χ0) is 18.0. The molecule has 0 aliphatic carbocycles. The van der Waals surface area contributed by atoms with E-state index < -0.39 is 0 Å². The number of ether oxygens (including phenoxy) is 1. The standard InChI is InChI=1S/C19H25FN2O3/c1-4-24-15-7-9-22(10-8-15)19(23)21-13(3)18-12(2)16-11-14(20)5-6-17(16)25-18/h5-6,11,13,15H,4,7-10H2,1-3H3,(H,21,23). The molecule has 3 rings (SSSR count). The van der Waals surface area contributed by atoms with Crippen LogP contribution in [0.1, 0.15) is 44.1 Å². The van der Waals surface area contributed by atoms with E-state index in [4.69, 9.17) is 9.15 Å². The van der Waals surface area contributed by atoms with Crippen molar-refractivity contribution in [1.82, 2.24) is 10.2 Å². The van der Waals surface area contributed by atoms with Crippen LogP contribution < -0.4 is 5.32 Å². The number of amides is 2. The lowest BCUT2D eigenvalue weighted by molar-refractivity contribution is 0.0218. The molecule has 0 saturated carbocycles. The summed E-state index contributed by atoms with van der Waals surface area (Å²) >= 11 is 0. The Balaban J connectivity index is 1.65. The van der Waals surface area contributed by atoms with E-state index in [9.17, 15) is 9.18 Å². The van der Waals surface area contributed by atoms with Gasteiger partial charge in [0.2, 0.25) is 0 Å². The van der Waals surface area contributed by atoms with E-state index in [1.807, 2.05) is 25.7 Å². The van der Waals surface area contributed by atoms with E-state index in [0.29, 0.717) is 31.0 Å². The molecule has 0 radical (unpaired) electrons. The summed E-state index contributed by atoms with van der Waals surface area (Å²) in [7, 11) is 0. The first kappa shape index (κ1) is 17.7. The number of aryl methyl sites for hydroxylation is 1. The van der Waals surface area contributed by atoms with Crippen LogP contribution in [-0.4, -0.2) is 36.7 Å². The van der Waals surface area contributed by atoms with E-state index in [1.54, 1.807) is 6.07 Å². The molecule has 1 saturated heterocycles. The Morgan fingerprint density at radius 3 is 2.84 bits per heavy atom. The van der Waals surface area contributed by atoms with Gasteiger partial charge >= 0.3 is 6.03 Å². The Morgan fingerprint density at radius 1 is 1.44 bits per heavy atom. The van der Waals surface area contributed by atoms with E-state index >= 15 is 0 Å².